The lowest BCUT2D eigenvalue weighted by Crippen LogP contribution is -2.51. The van der Waals surface area contributed by atoms with Gasteiger partial charge in [-0.3, -0.25) is 9.59 Å². The molecule has 1 atom stereocenters. The molecule has 0 radical (unpaired) electrons. The van der Waals surface area contributed by atoms with E-state index in [9.17, 15) is 27.2 Å². The summed E-state index contributed by atoms with van der Waals surface area (Å²) in [6.45, 7) is 0. The fourth-order valence-corrected chi connectivity index (χ4v) is 3.19. The minimum absolute atomic E-state index is 0.00340. The molecule has 10 heteroatoms. The Morgan fingerprint density at radius 2 is 2.00 bits per heavy atom. The van der Waals surface area contributed by atoms with Crippen LogP contribution < -0.4 is 10.5 Å². The highest BCUT2D eigenvalue weighted by atomic mass is 19.4. The van der Waals surface area contributed by atoms with Crippen molar-refractivity contribution in [2.45, 2.75) is 24.6 Å². The molecular formula is C18H15F4N3O3. The third-order valence-corrected chi connectivity index (χ3v) is 4.72. The van der Waals surface area contributed by atoms with Crippen molar-refractivity contribution in [3.63, 3.8) is 0 Å². The lowest BCUT2D eigenvalue weighted by Gasteiger charge is -2.33. The van der Waals surface area contributed by atoms with Crippen LogP contribution in [0.1, 0.15) is 24.0 Å². The number of carbonyl (C=O) groups excluding carboxylic acids is 2. The van der Waals surface area contributed by atoms with Crippen LogP contribution in [0.15, 0.2) is 36.5 Å². The van der Waals surface area contributed by atoms with Crippen LogP contribution in [0.4, 0.5) is 17.6 Å². The molecule has 1 fully saturated rings. The SMILES string of the molecule is CN1C(=O)CCC1(C(N)=O)c1cc(Oc2ccc(C(F)(F)F)cn2)ccc1F. The van der Waals surface area contributed by atoms with Crippen LogP contribution in [0.25, 0.3) is 0 Å². The van der Waals surface area contributed by atoms with Crippen LogP contribution in [0, 0.1) is 5.82 Å². The second kappa shape index (κ2) is 6.77. The van der Waals surface area contributed by atoms with Gasteiger partial charge in [-0.2, -0.15) is 13.2 Å². The molecule has 1 saturated heterocycles. The molecule has 0 spiro atoms. The number of hydrogen-bond acceptors (Lipinski definition) is 4. The first-order valence-corrected chi connectivity index (χ1v) is 8.13. The van der Waals surface area contributed by atoms with E-state index in [1.165, 1.54) is 19.2 Å². The summed E-state index contributed by atoms with van der Waals surface area (Å²) in [5.74, 6) is -2.17. The predicted molar refractivity (Wildman–Crippen MR) is 88.6 cm³/mol. The number of nitrogens with zero attached hydrogens (tertiary/aromatic N) is 2. The summed E-state index contributed by atoms with van der Waals surface area (Å²) in [4.78, 5) is 28.7. The molecule has 1 aromatic carbocycles. The number of halogens is 4. The third-order valence-electron chi connectivity index (χ3n) is 4.72. The minimum atomic E-state index is -4.54. The largest absolute Gasteiger partial charge is 0.439 e. The average molecular weight is 397 g/mol. The van der Waals surface area contributed by atoms with Gasteiger partial charge in [0.1, 0.15) is 17.1 Å². The fourth-order valence-electron chi connectivity index (χ4n) is 3.19. The number of ether oxygens (including phenoxy) is 1. The van der Waals surface area contributed by atoms with Crippen molar-refractivity contribution in [1.82, 2.24) is 9.88 Å². The van der Waals surface area contributed by atoms with E-state index in [0.29, 0.717) is 6.20 Å². The maximum atomic E-state index is 14.5. The second-order valence-corrected chi connectivity index (χ2v) is 6.30. The molecule has 2 heterocycles. The predicted octanol–water partition coefficient (Wildman–Crippen LogP) is 2.96. The molecule has 0 saturated carbocycles. The fraction of sp³-hybridized carbons (Fsp3) is 0.278. The zero-order valence-corrected chi connectivity index (χ0v) is 14.6. The van der Waals surface area contributed by atoms with E-state index in [4.69, 9.17) is 10.5 Å². The molecule has 1 aromatic heterocycles. The molecule has 2 N–H and O–H groups in total. The number of nitrogens with two attached hydrogens (primary N) is 1. The number of rotatable bonds is 4. The van der Waals surface area contributed by atoms with E-state index in [0.717, 1.165) is 23.1 Å². The third kappa shape index (κ3) is 3.25. The molecule has 1 unspecified atom stereocenters. The van der Waals surface area contributed by atoms with Gasteiger partial charge in [0.25, 0.3) is 0 Å². The van der Waals surface area contributed by atoms with Gasteiger partial charge >= 0.3 is 6.18 Å². The smallest absolute Gasteiger partial charge is 0.417 e. The van der Waals surface area contributed by atoms with Gasteiger partial charge in [-0.05, 0) is 30.7 Å². The molecule has 0 aliphatic carbocycles. The second-order valence-electron chi connectivity index (χ2n) is 6.30. The molecule has 1 aliphatic rings. The molecule has 0 bridgehead atoms. The molecule has 6 nitrogen and oxygen atoms in total. The van der Waals surface area contributed by atoms with Crippen molar-refractivity contribution in [2.75, 3.05) is 7.05 Å². The van der Waals surface area contributed by atoms with Gasteiger partial charge in [0.15, 0.2) is 0 Å². The monoisotopic (exact) mass is 397 g/mol. The number of benzene rings is 1. The van der Waals surface area contributed by atoms with E-state index in [1.54, 1.807) is 0 Å². The standard InChI is InChI=1S/C18H15F4N3O3/c1-25-15(26)6-7-17(25,16(23)27)12-8-11(3-4-13(12)19)28-14-5-2-10(9-24-14)18(20,21)22/h2-5,8-9H,6-7H2,1H3,(H2,23,27). The van der Waals surface area contributed by atoms with Crippen molar-refractivity contribution >= 4 is 11.8 Å². The molecule has 2 aromatic rings. The minimum Gasteiger partial charge on any atom is -0.439 e. The van der Waals surface area contributed by atoms with Crippen molar-refractivity contribution in [2.24, 2.45) is 5.73 Å². The van der Waals surface area contributed by atoms with Crippen LogP contribution in [-0.4, -0.2) is 28.7 Å². The van der Waals surface area contributed by atoms with Gasteiger partial charge in [-0.1, -0.05) is 0 Å². The topological polar surface area (TPSA) is 85.5 Å². The summed E-state index contributed by atoms with van der Waals surface area (Å²) >= 11 is 0. The zero-order valence-electron chi connectivity index (χ0n) is 14.6. The Bertz CT molecular complexity index is 931. The van der Waals surface area contributed by atoms with E-state index < -0.39 is 29.0 Å². The summed E-state index contributed by atoms with van der Waals surface area (Å²) in [6.07, 6.45) is -3.92. The Kier molecular flexibility index (Phi) is 4.74. The molecule has 3 rings (SSSR count). The highest BCUT2D eigenvalue weighted by Crippen LogP contribution is 2.41. The Morgan fingerprint density at radius 3 is 2.50 bits per heavy atom. The van der Waals surface area contributed by atoms with E-state index in [1.807, 2.05) is 0 Å². The summed E-state index contributed by atoms with van der Waals surface area (Å²) in [6, 6.07) is 5.25. The van der Waals surface area contributed by atoms with E-state index >= 15 is 0 Å². The number of amides is 2. The molecule has 1 aliphatic heterocycles. The normalized spacial score (nSPS) is 19.8. The van der Waals surface area contributed by atoms with Gasteiger partial charge in [0.05, 0.1) is 5.56 Å². The maximum absolute atomic E-state index is 14.5. The molecule has 28 heavy (non-hydrogen) atoms. The number of alkyl halides is 3. The first-order chi connectivity index (χ1) is 13.1. The molecule has 2 amide bonds. The van der Waals surface area contributed by atoms with Crippen molar-refractivity contribution in [1.29, 1.82) is 0 Å². The Labute approximate surface area is 156 Å². The quantitative estimate of drug-likeness (QED) is 0.804. The maximum Gasteiger partial charge on any atom is 0.417 e. The lowest BCUT2D eigenvalue weighted by atomic mass is 9.86. The van der Waals surface area contributed by atoms with Crippen molar-refractivity contribution < 1.29 is 31.9 Å². The van der Waals surface area contributed by atoms with Gasteiger partial charge in [-0.25, -0.2) is 9.37 Å². The van der Waals surface area contributed by atoms with Gasteiger partial charge in [-0.15, -0.1) is 0 Å². The Morgan fingerprint density at radius 1 is 1.29 bits per heavy atom. The van der Waals surface area contributed by atoms with Crippen LogP contribution in [0.5, 0.6) is 11.6 Å². The Balaban J connectivity index is 1.96. The Hall–Kier alpha value is -3.17. The van der Waals surface area contributed by atoms with E-state index in [-0.39, 0.29) is 35.9 Å². The number of likely N-dealkylation sites (N-methyl/N-ethyl adjacent to an activating group) is 1. The number of pyridine rings is 1. The number of hydrogen-bond donors (Lipinski definition) is 1. The van der Waals surface area contributed by atoms with Crippen LogP contribution in [0.3, 0.4) is 0 Å². The summed E-state index contributed by atoms with van der Waals surface area (Å²) < 4.78 is 57.7. The van der Waals surface area contributed by atoms with Gasteiger partial charge in [0, 0.05) is 31.3 Å². The van der Waals surface area contributed by atoms with Crippen LogP contribution in [0.2, 0.25) is 0 Å². The van der Waals surface area contributed by atoms with E-state index in [2.05, 4.69) is 4.98 Å². The van der Waals surface area contributed by atoms with Crippen LogP contribution in [-0.2, 0) is 21.3 Å². The molecule has 148 valence electrons. The van der Waals surface area contributed by atoms with Gasteiger partial charge in [0.2, 0.25) is 17.7 Å². The number of aromatic nitrogens is 1. The van der Waals surface area contributed by atoms with Crippen LogP contribution >= 0.6 is 0 Å². The van der Waals surface area contributed by atoms with Gasteiger partial charge < -0.3 is 15.4 Å². The summed E-state index contributed by atoms with van der Waals surface area (Å²) in [7, 11) is 1.35. The zero-order chi connectivity index (χ0) is 20.7. The lowest BCUT2D eigenvalue weighted by molar-refractivity contribution is -0.138. The summed E-state index contributed by atoms with van der Waals surface area (Å²) in [5.41, 5.74) is 2.71. The van der Waals surface area contributed by atoms with Crippen molar-refractivity contribution in [3.05, 3.63) is 53.5 Å². The first-order valence-electron chi connectivity index (χ1n) is 8.13. The molecular weight excluding hydrogens is 382 g/mol. The number of likely N-dealkylation sites (tertiary alicyclic amines) is 1. The summed E-state index contributed by atoms with van der Waals surface area (Å²) in [5, 5.41) is 0. The highest BCUT2D eigenvalue weighted by Gasteiger charge is 2.51. The number of primary amides is 1. The number of carbonyl (C=O) groups is 2. The first kappa shape index (κ1) is 19.6. The highest BCUT2D eigenvalue weighted by molar-refractivity contribution is 5.94. The van der Waals surface area contributed by atoms with Crippen molar-refractivity contribution in [3.8, 4) is 11.6 Å². The average Bonchev–Trinajstić information content (AvgIpc) is 2.93.